The lowest BCUT2D eigenvalue weighted by Crippen LogP contribution is -2.48. The fraction of sp³-hybridized carbons (Fsp3) is 0.281. The Hall–Kier alpha value is -4.72. The van der Waals surface area contributed by atoms with E-state index in [1.165, 1.54) is 35.4 Å². The number of rotatable bonds is 7. The van der Waals surface area contributed by atoms with Gasteiger partial charge in [0, 0.05) is 38.1 Å². The Kier molecular flexibility index (Phi) is 8.80. The minimum absolute atomic E-state index is 0.0522. The fourth-order valence-corrected chi connectivity index (χ4v) is 6.27. The van der Waals surface area contributed by atoms with E-state index in [-0.39, 0.29) is 28.9 Å². The smallest absolute Gasteiger partial charge is 0.335 e. The number of aromatic carboxylic acids is 1. The molecule has 6 rings (SSSR count). The highest BCUT2D eigenvalue weighted by Crippen LogP contribution is 2.38. The number of carboxylic acid groups (broad SMARTS) is 1. The van der Waals surface area contributed by atoms with Gasteiger partial charge in [0.1, 0.15) is 17.4 Å². The molecule has 1 saturated heterocycles. The third-order valence-corrected chi connectivity index (χ3v) is 8.77. The standard InChI is InChI=1S/C32H31ClF2N6O5/c1-46-20-11-14-39(15-12-20)26-4-2-3-22-21(26)13-16-40(28(22)30(42)36-19-7-5-18(6-8-19)32(44)45)31(43)25-17-41(38-37-25)29-24(34)10-9-23(33)27(29)35/h2-10,17,20,28,37-38H,11-16H2,1H3,(H,36,42)(H,44,45). The molecule has 0 spiro atoms. The largest absolute Gasteiger partial charge is 0.478 e. The highest BCUT2D eigenvalue weighted by atomic mass is 35.5. The summed E-state index contributed by atoms with van der Waals surface area (Å²) >= 11 is 5.87. The van der Waals surface area contributed by atoms with Gasteiger partial charge in [0.15, 0.2) is 11.6 Å². The van der Waals surface area contributed by atoms with Crippen LogP contribution in [0, 0.1) is 11.6 Å². The SMILES string of the molecule is COC1CCN(c2cccc3c2CCN(C(=O)C2=CN(c4c(F)ccc(Cl)c4F)NN2)C3C(=O)Nc2ccc(C(=O)O)cc2)CC1. The number of hydrogen-bond donors (Lipinski definition) is 4. The molecule has 3 heterocycles. The summed E-state index contributed by atoms with van der Waals surface area (Å²) in [5.41, 5.74) is 7.65. The van der Waals surface area contributed by atoms with Crippen molar-refractivity contribution in [3.05, 3.63) is 99.8 Å². The Balaban J connectivity index is 1.33. The van der Waals surface area contributed by atoms with Crippen molar-refractivity contribution < 1.29 is 33.0 Å². The number of piperidine rings is 1. The highest BCUT2D eigenvalue weighted by molar-refractivity contribution is 6.31. The molecule has 0 radical (unpaired) electrons. The molecule has 0 bridgehead atoms. The van der Waals surface area contributed by atoms with E-state index in [0.29, 0.717) is 17.7 Å². The molecule has 1 fully saturated rings. The summed E-state index contributed by atoms with van der Waals surface area (Å²) in [4.78, 5) is 43.0. The Bertz CT molecular complexity index is 1710. The van der Waals surface area contributed by atoms with Crippen LogP contribution in [0.25, 0.3) is 0 Å². The van der Waals surface area contributed by atoms with Crippen LogP contribution >= 0.6 is 11.6 Å². The van der Waals surface area contributed by atoms with Crippen molar-refractivity contribution >= 4 is 46.4 Å². The number of anilines is 3. The quantitative estimate of drug-likeness (QED) is 0.275. The molecule has 14 heteroatoms. The van der Waals surface area contributed by atoms with Gasteiger partial charge >= 0.3 is 5.97 Å². The molecule has 0 aromatic heterocycles. The maximum absolute atomic E-state index is 14.7. The summed E-state index contributed by atoms with van der Waals surface area (Å²) < 4.78 is 34.8. The predicted octanol–water partition coefficient (Wildman–Crippen LogP) is 4.37. The van der Waals surface area contributed by atoms with E-state index in [4.69, 9.17) is 16.3 Å². The lowest BCUT2D eigenvalue weighted by atomic mass is 9.89. The molecule has 1 unspecified atom stereocenters. The van der Waals surface area contributed by atoms with Gasteiger partial charge in [0.05, 0.1) is 22.9 Å². The first-order valence-electron chi connectivity index (χ1n) is 14.7. The van der Waals surface area contributed by atoms with E-state index in [9.17, 15) is 28.3 Å². The summed E-state index contributed by atoms with van der Waals surface area (Å²) in [5, 5.41) is 12.8. The molecule has 3 aliphatic heterocycles. The Morgan fingerprint density at radius 3 is 2.46 bits per heavy atom. The topological polar surface area (TPSA) is 126 Å². The number of carboxylic acids is 1. The van der Waals surface area contributed by atoms with Crippen molar-refractivity contribution in [2.24, 2.45) is 0 Å². The van der Waals surface area contributed by atoms with Gasteiger partial charge in [0.25, 0.3) is 11.8 Å². The van der Waals surface area contributed by atoms with Crippen LogP contribution in [0.15, 0.2) is 66.5 Å². The number of methoxy groups -OCH3 is 1. The molecule has 0 saturated carbocycles. The van der Waals surface area contributed by atoms with Gasteiger partial charge in [-0.3, -0.25) is 20.0 Å². The molecule has 240 valence electrons. The van der Waals surface area contributed by atoms with Crippen LogP contribution in [0.3, 0.4) is 0 Å². The van der Waals surface area contributed by atoms with Crippen molar-refractivity contribution in [2.45, 2.75) is 31.4 Å². The Morgan fingerprint density at radius 2 is 1.76 bits per heavy atom. The molecule has 11 nitrogen and oxygen atoms in total. The molecule has 46 heavy (non-hydrogen) atoms. The minimum atomic E-state index is -1.10. The van der Waals surface area contributed by atoms with Gasteiger partial charge in [-0.2, -0.15) is 0 Å². The third-order valence-electron chi connectivity index (χ3n) is 8.48. The normalized spacial score (nSPS) is 18.1. The Morgan fingerprint density at radius 1 is 1.02 bits per heavy atom. The predicted molar refractivity (Wildman–Crippen MR) is 167 cm³/mol. The van der Waals surface area contributed by atoms with Gasteiger partial charge in [0.2, 0.25) is 0 Å². The van der Waals surface area contributed by atoms with E-state index in [0.717, 1.165) is 54.3 Å². The van der Waals surface area contributed by atoms with Crippen LogP contribution in [0.5, 0.6) is 0 Å². The number of nitrogens with zero attached hydrogens (tertiary/aromatic N) is 3. The summed E-state index contributed by atoms with van der Waals surface area (Å²) in [5.74, 6) is -4.11. The second-order valence-corrected chi connectivity index (χ2v) is 11.5. The van der Waals surface area contributed by atoms with Gasteiger partial charge < -0.3 is 25.0 Å². The van der Waals surface area contributed by atoms with E-state index in [2.05, 4.69) is 21.2 Å². The van der Waals surface area contributed by atoms with E-state index < -0.39 is 41.1 Å². The van der Waals surface area contributed by atoms with Crippen molar-refractivity contribution in [2.75, 3.05) is 42.0 Å². The molecule has 3 aromatic rings. The van der Waals surface area contributed by atoms with Crippen molar-refractivity contribution in [3.63, 3.8) is 0 Å². The molecule has 3 aromatic carbocycles. The molecule has 0 aliphatic carbocycles. The lowest BCUT2D eigenvalue weighted by molar-refractivity contribution is -0.136. The number of halogens is 3. The lowest BCUT2D eigenvalue weighted by Gasteiger charge is -2.40. The van der Waals surface area contributed by atoms with Crippen molar-refractivity contribution in [3.8, 4) is 0 Å². The number of ether oxygens (including phenoxy) is 1. The average Bonchev–Trinajstić information content (AvgIpc) is 3.55. The first kappa shape index (κ1) is 31.3. The summed E-state index contributed by atoms with van der Waals surface area (Å²) in [6.45, 7) is 1.73. The number of carbonyl (C=O) groups is 3. The van der Waals surface area contributed by atoms with Crippen LogP contribution in [0.1, 0.15) is 40.4 Å². The molecular formula is C32H31ClF2N6O5. The van der Waals surface area contributed by atoms with Gasteiger partial charge in [-0.1, -0.05) is 23.7 Å². The average molecular weight is 653 g/mol. The maximum atomic E-state index is 14.7. The monoisotopic (exact) mass is 652 g/mol. The molecular weight excluding hydrogens is 622 g/mol. The van der Waals surface area contributed by atoms with Gasteiger partial charge in [-0.25, -0.2) is 13.6 Å². The van der Waals surface area contributed by atoms with Crippen molar-refractivity contribution in [1.82, 2.24) is 15.9 Å². The molecule has 1 atom stereocenters. The zero-order valence-corrected chi connectivity index (χ0v) is 25.5. The molecule has 4 N–H and O–H groups in total. The highest BCUT2D eigenvalue weighted by Gasteiger charge is 2.40. The summed E-state index contributed by atoms with van der Waals surface area (Å²) in [7, 11) is 1.71. The number of amides is 2. The van der Waals surface area contributed by atoms with Crippen LogP contribution < -0.4 is 26.2 Å². The first-order chi connectivity index (χ1) is 22.2. The van der Waals surface area contributed by atoms with Gasteiger partial charge in [-0.15, -0.1) is 5.53 Å². The molecule has 3 aliphatic rings. The fourth-order valence-electron chi connectivity index (χ4n) is 6.12. The van der Waals surface area contributed by atoms with Crippen LogP contribution in [-0.2, 0) is 20.7 Å². The maximum Gasteiger partial charge on any atom is 0.335 e. The van der Waals surface area contributed by atoms with E-state index in [1.54, 1.807) is 7.11 Å². The van der Waals surface area contributed by atoms with E-state index >= 15 is 0 Å². The second kappa shape index (κ2) is 12.9. The van der Waals surface area contributed by atoms with Crippen LogP contribution in [-0.4, -0.2) is 60.6 Å². The zero-order chi connectivity index (χ0) is 32.5. The third kappa shape index (κ3) is 5.96. The number of fused-ring (bicyclic) bond motifs is 1. The molecule has 2 amide bonds. The van der Waals surface area contributed by atoms with Crippen LogP contribution in [0.2, 0.25) is 5.02 Å². The zero-order valence-electron chi connectivity index (χ0n) is 24.7. The number of benzene rings is 3. The number of hydrogen-bond acceptors (Lipinski definition) is 8. The number of nitrogens with one attached hydrogen (secondary N) is 3. The second-order valence-electron chi connectivity index (χ2n) is 11.1. The van der Waals surface area contributed by atoms with E-state index in [1.807, 2.05) is 18.2 Å². The summed E-state index contributed by atoms with van der Waals surface area (Å²) in [6.07, 6.45) is 3.56. The Labute approximate surface area is 268 Å². The summed E-state index contributed by atoms with van der Waals surface area (Å²) in [6, 6.07) is 12.4. The van der Waals surface area contributed by atoms with Crippen molar-refractivity contribution in [1.29, 1.82) is 0 Å². The number of hydrazine groups is 2. The number of carbonyl (C=O) groups excluding carboxylic acids is 2. The first-order valence-corrected chi connectivity index (χ1v) is 15.0. The minimum Gasteiger partial charge on any atom is -0.478 e. The van der Waals surface area contributed by atoms with Crippen LogP contribution in [0.4, 0.5) is 25.8 Å². The van der Waals surface area contributed by atoms with Gasteiger partial charge in [-0.05, 0) is 72.9 Å².